The molecule has 4 aromatic rings. The molecule has 1 saturated heterocycles. The number of halogens is 3. The van der Waals surface area contributed by atoms with Gasteiger partial charge in [-0.05, 0) is 42.5 Å². The van der Waals surface area contributed by atoms with E-state index in [4.69, 9.17) is 32.1 Å². The van der Waals surface area contributed by atoms with Crippen molar-refractivity contribution in [3.63, 3.8) is 0 Å². The van der Waals surface area contributed by atoms with E-state index < -0.39 is 0 Å². The van der Waals surface area contributed by atoms with Gasteiger partial charge in [-0.3, -0.25) is 4.79 Å². The molecule has 2 aromatic carbocycles. The van der Waals surface area contributed by atoms with Crippen LogP contribution in [0.1, 0.15) is 16.2 Å². The number of aromatic nitrogens is 2. The summed E-state index contributed by atoms with van der Waals surface area (Å²) in [6.07, 6.45) is 0. The zero-order valence-corrected chi connectivity index (χ0v) is 19.6. The lowest BCUT2D eigenvalue weighted by Gasteiger charge is -2.34. The topological polar surface area (TPSA) is 99.4 Å². The molecular weight excluding hydrogens is 496 g/mol. The van der Waals surface area contributed by atoms with Gasteiger partial charge in [0, 0.05) is 42.8 Å². The van der Waals surface area contributed by atoms with Gasteiger partial charge in [0.2, 0.25) is 17.5 Å². The van der Waals surface area contributed by atoms with Crippen LogP contribution in [0.3, 0.4) is 0 Å². The quantitative estimate of drug-likeness (QED) is 0.367. The van der Waals surface area contributed by atoms with Gasteiger partial charge in [0.1, 0.15) is 11.9 Å². The molecule has 8 nitrogen and oxygen atoms in total. The van der Waals surface area contributed by atoms with Crippen molar-refractivity contribution in [2.75, 3.05) is 31.1 Å². The molecule has 0 N–H and O–H groups in total. The zero-order chi connectivity index (χ0) is 24.5. The Kier molecular flexibility index (Phi) is 6.16. The minimum atomic E-state index is -0.364. The van der Waals surface area contributed by atoms with E-state index >= 15 is 0 Å². The fraction of sp³-hybridized carbons (Fsp3) is 0.167. The molecule has 1 aliphatic rings. The minimum Gasteiger partial charge on any atom is -0.419 e. The maximum Gasteiger partial charge on any atom is 0.276 e. The normalized spacial score (nSPS) is 13.7. The number of piperazine rings is 1. The van der Waals surface area contributed by atoms with Crippen LogP contribution in [0.5, 0.6) is 0 Å². The van der Waals surface area contributed by atoms with Crippen molar-refractivity contribution in [3.05, 3.63) is 75.8 Å². The molecule has 0 unspecified atom stereocenters. The first-order chi connectivity index (χ1) is 16.9. The second kappa shape index (κ2) is 9.41. The van der Waals surface area contributed by atoms with E-state index in [0.29, 0.717) is 59.0 Å². The maximum absolute atomic E-state index is 13.2. The number of hydrogen-bond acceptors (Lipinski definition) is 7. The van der Waals surface area contributed by atoms with Gasteiger partial charge in [0.25, 0.3) is 5.91 Å². The average Bonchev–Trinajstić information content (AvgIpc) is 3.52. The summed E-state index contributed by atoms with van der Waals surface area (Å²) in [5.74, 6) is 0.264. The molecule has 0 spiro atoms. The first-order valence-electron chi connectivity index (χ1n) is 10.6. The molecule has 0 aliphatic carbocycles. The van der Waals surface area contributed by atoms with Crippen molar-refractivity contribution in [2.24, 2.45) is 0 Å². The summed E-state index contributed by atoms with van der Waals surface area (Å²) in [6, 6.07) is 14.2. The van der Waals surface area contributed by atoms with E-state index in [-0.39, 0.29) is 29.0 Å². The largest absolute Gasteiger partial charge is 0.419 e. The number of benzene rings is 2. The Balaban J connectivity index is 1.28. The SMILES string of the molecule is N#Cc1nc(-c2ccc(Cl)cc2Cl)oc1N1CCN(C(=O)c2cc(-c3ccc(F)cc3)on2)CC1. The molecule has 1 aliphatic heterocycles. The van der Waals surface area contributed by atoms with Gasteiger partial charge in [-0.1, -0.05) is 28.4 Å². The number of amides is 1. The number of carbonyl (C=O) groups excluding carboxylic acids is 1. The van der Waals surface area contributed by atoms with Crippen LogP contribution in [0.4, 0.5) is 10.3 Å². The van der Waals surface area contributed by atoms with Gasteiger partial charge < -0.3 is 18.7 Å². The predicted molar refractivity (Wildman–Crippen MR) is 127 cm³/mol. The van der Waals surface area contributed by atoms with Crippen LogP contribution in [0, 0.1) is 17.1 Å². The van der Waals surface area contributed by atoms with E-state index in [2.05, 4.69) is 16.2 Å². The summed E-state index contributed by atoms with van der Waals surface area (Å²) < 4.78 is 24.3. The smallest absolute Gasteiger partial charge is 0.276 e. The molecule has 2 aromatic heterocycles. The molecule has 176 valence electrons. The van der Waals surface area contributed by atoms with Crippen molar-refractivity contribution in [1.29, 1.82) is 5.26 Å². The number of carbonyl (C=O) groups is 1. The lowest BCUT2D eigenvalue weighted by atomic mass is 10.1. The highest BCUT2D eigenvalue weighted by Gasteiger charge is 2.29. The van der Waals surface area contributed by atoms with Crippen LogP contribution >= 0.6 is 23.2 Å². The first-order valence-corrected chi connectivity index (χ1v) is 11.3. The molecule has 0 atom stereocenters. The van der Waals surface area contributed by atoms with Crippen molar-refractivity contribution in [1.82, 2.24) is 15.0 Å². The molecular formula is C24H16Cl2FN5O3. The summed E-state index contributed by atoms with van der Waals surface area (Å²) in [5.41, 5.74) is 1.44. The fourth-order valence-corrected chi connectivity index (χ4v) is 4.27. The Morgan fingerprint density at radius 3 is 2.49 bits per heavy atom. The first kappa shape index (κ1) is 22.9. The second-order valence-electron chi connectivity index (χ2n) is 7.77. The maximum atomic E-state index is 13.2. The lowest BCUT2D eigenvalue weighted by molar-refractivity contribution is 0.0735. The molecule has 5 rings (SSSR count). The van der Waals surface area contributed by atoms with Crippen molar-refractivity contribution >= 4 is 35.0 Å². The Morgan fingerprint density at radius 2 is 1.80 bits per heavy atom. The third-order valence-electron chi connectivity index (χ3n) is 5.59. The van der Waals surface area contributed by atoms with Crippen LogP contribution in [-0.2, 0) is 0 Å². The van der Waals surface area contributed by atoms with Gasteiger partial charge in [-0.15, -0.1) is 0 Å². The summed E-state index contributed by atoms with van der Waals surface area (Å²) in [4.78, 5) is 20.7. The van der Waals surface area contributed by atoms with Crippen LogP contribution < -0.4 is 4.90 Å². The number of hydrogen-bond donors (Lipinski definition) is 0. The number of anilines is 1. The molecule has 0 saturated carbocycles. The summed E-state index contributed by atoms with van der Waals surface area (Å²) in [6.45, 7) is 1.60. The fourth-order valence-electron chi connectivity index (χ4n) is 3.78. The predicted octanol–water partition coefficient (Wildman–Crippen LogP) is 5.28. The Hall–Kier alpha value is -3.87. The van der Waals surface area contributed by atoms with E-state index in [1.54, 1.807) is 35.2 Å². The lowest BCUT2D eigenvalue weighted by Crippen LogP contribution is -2.49. The Bertz CT molecular complexity index is 1440. The zero-order valence-electron chi connectivity index (χ0n) is 18.0. The van der Waals surface area contributed by atoms with Gasteiger partial charge in [-0.2, -0.15) is 10.2 Å². The Morgan fingerprint density at radius 1 is 1.06 bits per heavy atom. The van der Waals surface area contributed by atoms with Gasteiger partial charge in [0.05, 0.1) is 10.6 Å². The highest BCUT2D eigenvalue weighted by Crippen LogP contribution is 2.34. The van der Waals surface area contributed by atoms with Crippen LogP contribution in [0.2, 0.25) is 10.0 Å². The number of oxazole rings is 1. The van der Waals surface area contributed by atoms with Crippen molar-refractivity contribution in [3.8, 4) is 28.8 Å². The van der Waals surface area contributed by atoms with Crippen LogP contribution in [0.15, 0.2) is 57.5 Å². The van der Waals surface area contributed by atoms with Crippen LogP contribution in [-0.4, -0.2) is 47.1 Å². The van der Waals surface area contributed by atoms with Crippen molar-refractivity contribution in [2.45, 2.75) is 0 Å². The molecule has 1 amide bonds. The molecule has 0 radical (unpaired) electrons. The minimum absolute atomic E-state index is 0.131. The highest BCUT2D eigenvalue weighted by atomic mass is 35.5. The summed E-state index contributed by atoms with van der Waals surface area (Å²) >= 11 is 12.2. The average molecular weight is 512 g/mol. The third kappa shape index (κ3) is 4.58. The van der Waals surface area contributed by atoms with Gasteiger partial charge in [-0.25, -0.2) is 4.39 Å². The summed E-state index contributed by atoms with van der Waals surface area (Å²) in [5, 5.41) is 14.3. The molecule has 35 heavy (non-hydrogen) atoms. The number of nitrogens with zero attached hydrogens (tertiary/aromatic N) is 5. The van der Waals surface area contributed by atoms with Gasteiger partial charge >= 0.3 is 0 Å². The van der Waals surface area contributed by atoms with E-state index in [9.17, 15) is 14.4 Å². The summed E-state index contributed by atoms with van der Waals surface area (Å²) in [7, 11) is 0. The Labute approximate surface area is 209 Å². The molecule has 0 bridgehead atoms. The van der Waals surface area contributed by atoms with E-state index in [1.807, 2.05) is 4.90 Å². The highest BCUT2D eigenvalue weighted by molar-refractivity contribution is 6.36. The molecule has 3 heterocycles. The van der Waals surface area contributed by atoms with Crippen molar-refractivity contribution < 1.29 is 18.1 Å². The standard InChI is InChI=1S/C24H16Cl2FN5O3/c25-15-3-6-17(18(26)11-15)22-29-20(13-28)24(34-22)32-9-7-31(8-10-32)23(33)19-12-21(35-30-19)14-1-4-16(27)5-2-14/h1-6,11-12H,7-10H2. The molecule has 11 heteroatoms. The third-order valence-corrected chi connectivity index (χ3v) is 6.14. The number of nitriles is 1. The number of rotatable bonds is 4. The van der Waals surface area contributed by atoms with E-state index in [1.165, 1.54) is 18.2 Å². The monoisotopic (exact) mass is 511 g/mol. The second-order valence-corrected chi connectivity index (χ2v) is 8.61. The van der Waals surface area contributed by atoms with Crippen LogP contribution in [0.25, 0.3) is 22.8 Å². The molecule has 1 fully saturated rings. The van der Waals surface area contributed by atoms with Gasteiger partial charge in [0.15, 0.2) is 11.5 Å². The van der Waals surface area contributed by atoms with E-state index in [0.717, 1.165) is 0 Å².